The fourth-order valence-corrected chi connectivity index (χ4v) is 6.55. The smallest absolute Gasteiger partial charge is 0.496 e. The van der Waals surface area contributed by atoms with E-state index in [1.54, 1.807) is 6.92 Å². The van der Waals surface area contributed by atoms with Crippen molar-refractivity contribution in [2.24, 2.45) is 0 Å². The van der Waals surface area contributed by atoms with Crippen LogP contribution in [0.3, 0.4) is 0 Å². The quantitative estimate of drug-likeness (QED) is 0.139. The predicted molar refractivity (Wildman–Crippen MR) is 177 cm³/mol. The summed E-state index contributed by atoms with van der Waals surface area (Å²) in [6.07, 6.45) is -10.3. The standard InChI is InChI=1S/C37H31F7N4O5/c1-19-13-28(51-3)27(32(49)48-35(34-46-11-4-12-47-34)17-23(18-35)53-37(42,43)44)15-24(19)25-16-26-29(14-21(25)9-10-36(39,40)41)52-31(30(26)33(50)45-2)20-5-7-22(38)8-6-20/h4-8,11-16,23H,9-10,17-18H2,1-3H3,(H,45,50)(H,48,49). The maximum absolute atomic E-state index is 14.1. The van der Waals surface area contributed by atoms with E-state index in [-0.39, 0.29) is 63.4 Å². The van der Waals surface area contributed by atoms with E-state index in [4.69, 9.17) is 9.15 Å². The van der Waals surface area contributed by atoms with Gasteiger partial charge in [-0.2, -0.15) is 13.2 Å². The highest BCUT2D eigenvalue weighted by atomic mass is 19.4. The predicted octanol–water partition coefficient (Wildman–Crippen LogP) is 8.19. The third kappa shape index (κ3) is 7.82. The lowest BCUT2D eigenvalue weighted by Crippen LogP contribution is -2.59. The Labute approximate surface area is 297 Å². The molecule has 6 rings (SSSR count). The highest BCUT2D eigenvalue weighted by Crippen LogP contribution is 2.45. The number of aromatic nitrogens is 2. The summed E-state index contributed by atoms with van der Waals surface area (Å²) in [5.41, 5.74) is 0.166. The van der Waals surface area contributed by atoms with Gasteiger partial charge in [0.15, 0.2) is 5.82 Å². The number of methoxy groups -OCH3 is 1. The van der Waals surface area contributed by atoms with Crippen LogP contribution in [0.4, 0.5) is 30.7 Å². The van der Waals surface area contributed by atoms with Crippen molar-refractivity contribution in [3.8, 4) is 28.2 Å². The summed E-state index contributed by atoms with van der Waals surface area (Å²) in [5.74, 6) is -1.71. The van der Waals surface area contributed by atoms with E-state index in [9.17, 15) is 40.3 Å². The van der Waals surface area contributed by atoms with Crippen LogP contribution in [0.5, 0.6) is 5.75 Å². The topological polar surface area (TPSA) is 116 Å². The van der Waals surface area contributed by atoms with Crippen LogP contribution < -0.4 is 15.4 Å². The molecule has 1 saturated carbocycles. The van der Waals surface area contributed by atoms with Gasteiger partial charge in [0, 0.05) is 49.7 Å². The molecule has 0 radical (unpaired) electrons. The van der Waals surface area contributed by atoms with Gasteiger partial charge in [-0.15, -0.1) is 13.2 Å². The molecule has 9 nitrogen and oxygen atoms in total. The van der Waals surface area contributed by atoms with E-state index >= 15 is 0 Å². The summed E-state index contributed by atoms with van der Waals surface area (Å²) < 4.78 is 109. The van der Waals surface area contributed by atoms with Crippen LogP contribution in [0.2, 0.25) is 0 Å². The first-order valence-electron chi connectivity index (χ1n) is 16.2. The second-order valence-electron chi connectivity index (χ2n) is 12.6. The molecule has 53 heavy (non-hydrogen) atoms. The van der Waals surface area contributed by atoms with Crippen molar-refractivity contribution in [2.45, 2.75) is 56.8 Å². The van der Waals surface area contributed by atoms with Gasteiger partial charge >= 0.3 is 12.5 Å². The van der Waals surface area contributed by atoms with Gasteiger partial charge in [-0.25, -0.2) is 14.4 Å². The lowest BCUT2D eigenvalue weighted by Gasteiger charge is -2.46. The molecular weight excluding hydrogens is 713 g/mol. The van der Waals surface area contributed by atoms with Crippen LogP contribution in [0, 0.1) is 12.7 Å². The van der Waals surface area contributed by atoms with Gasteiger partial charge in [0.1, 0.15) is 28.4 Å². The molecule has 2 aromatic heterocycles. The Hall–Kier alpha value is -5.51. The number of furan rings is 1. The number of aryl methyl sites for hydroxylation is 2. The van der Waals surface area contributed by atoms with E-state index in [1.807, 2.05) is 0 Å². The highest BCUT2D eigenvalue weighted by Gasteiger charge is 2.53. The fourth-order valence-electron chi connectivity index (χ4n) is 6.55. The molecule has 278 valence electrons. The number of rotatable bonds is 10. The van der Waals surface area contributed by atoms with Gasteiger partial charge < -0.3 is 19.8 Å². The first kappa shape index (κ1) is 37.3. The Balaban J connectivity index is 1.48. The first-order valence-corrected chi connectivity index (χ1v) is 16.2. The molecule has 5 aromatic rings. The zero-order valence-corrected chi connectivity index (χ0v) is 28.3. The molecule has 0 atom stereocenters. The Kier molecular flexibility index (Phi) is 9.94. The molecule has 1 aliphatic carbocycles. The molecule has 2 amide bonds. The molecule has 2 N–H and O–H groups in total. The van der Waals surface area contributed by atoms with Crippen molar-refractivity contribution in [3.05, 3.63) is 101 Å². The molecule has 2 heterocycles. The van der Waals surface area contributed by atoms with E-state index in [0.29, 0.717) is 16.7 Å². The lowest BCUT2D eigenvalue weighted by molar-refractivity contribution is -0.356. The lowest BCUT2D eigenvalue weighted by atomic mass is 9.73. The number of ether oxygens (including phenoxy) is 2. The number of hydrogen-bond donors (Lipinski definition) is 2. The summed E-state index contributed by atoms with van der Waals surface area (Å²) in [7, 11) is 2.69. The second-order valence-corrected chi connectivity index (χ2v) is 12.6. The van der Waals surface area contributed by atoms with Gasteiger partial charge in [0.2, 0.25) is 0 Å². The van der Waals surface area contributed by atoms with Crippen LogP contribution in [-0.4, -0.2) is 54.6 Å². The molecule has 0 aliphatic heterocycles. The van der Waals surface area contributed by atoms with Crippen LogP contribution in [0.1, 0.15) is 56.9 Å². The van der Waals surface area contributed by atoms with Crippen LogP contribution in [0.25, 0.3) is 33.4 Å². The van der Waals surface area contributed by atoms with Crippen molar-refractivity contribution < 1.29 is 54.2 Å². The number of hydrogen-bond acceptors (Lipinski definition) is 7. The van der Waals surface area contributed by atoms with E-state index in [2.05, 4.69) is 25.3 Å². The van der Waals surface area contributed by atoms with Crippen molar-refractivity contribution in [2.75, 3.05) is 14.2 Å². The fraction of sp³-hybridized carbons (Fsp3) is 0.297. The summed E-state index contributed by atoms with van der Waals surface area (Å²) in [5, 5.41) is 5.54. The van der Waals surface area contributed by atoms with E-state index < -0.39 is 54.7 Å². The zero-order valence-electron chi connectivity index (χ0n) is 28.3. The largest absolute Gasteiger partial charge is 0.522 e. The molecule has 0 spiro atoms. The van der Waals surface area contributed by atoms with E-state index in [1.165, 1.54) is 81.1 Å². The SMILES string of the molecule is CNC(=O)c1c(-c2ccc(F)cc2)oc2cc(CCC(F)(F)F)c(-c3cc(C(=O)NC4(c5ncccn5)CC(OC(F)(F)F)C4)c(OC)cc3C)cc12. The molecule has 0 bridgehead atoms. The van der Waals surface area contributed by atoms with Crippen molar-refractivity contribution in [1.29, 1.82) is 0 Å². The molecular formula is C37H31F7N4O5. The number of nitrogens with one attached hydrogen (secondary N) is 2. The number of halogens is 7. The monoisotopic (exact) mass is 744 g/mol. The molecule has 3 aromatic carbocycles. The summed E-state index contributed by atoms with van der Waals surface area (Å²) in [6.45, 7) is 1.65. The van der Waals surface area contributed by atoms with Crippen LogP contribution in [0.15, 0.2) is 71.4 Å². The van der Waals surface area contributed by atoms with Crippen molar-refractivity contribution in [3.63, 3.8) is 0 Å². The Bertz CT molecular complexity index is 2160. The number of alkyl halides is 6. The number of nitrogens with zero attached hydrogens (tertiary/aromatic N) is 2. The summed E-state index contributed by atoms with van der Waals surface area (Å²) >= 11 is 0. The number of amides is 2. The Morgan fingerprint density at radius 1 is 0.962 bits per heavy atom. The molecule has 16 heteroatoms. The van der Waals surface area contributed by atoms with Crippen molar-refractivity contribution in [1.82, 2.24) is 20.6 Å². The minimum absolute atomic E-state index is 0.0484. The normalized spacial score (nSPS) is 17.4. The summed E-state index contributed by atoms with van der Waals surface area (Å²) in [6, 6.07) is 12.5. The Morgan fingerprint density at radius 2 is 1.64 bits per heavy atom. The second kappa shape index (κ2) is 14.1. The number of benzene rings is 3. The average molecular weight is 745 g/mol. The molecule has 0 unspecified atom stereocenters. The summed E-state index contributed by atoms with van der Waals surface area (Å²) in [4.78, 5) is 35.7. The van der Waals surface area contributed by atoms with E-state index in [0.717, 1.165) is 0 Å². The van der Waals surface area contributed by atoms with Gasteiger partial charge in [0.05, 0.1) is 24.3 Å². The van der Waals surface area contributed by atoms with Crippen LogP contribution >= 0.6 is 0 Å². The van der Waals surface area contributed by atoms with Crippen LogP contribution in [-0.2, 0) is 16.7 Å². The minimum atomic E-state index is -4.91. The number of carbonyl (C=O) groups excluding carboxylic acids is 2. The highest BCUT2D eigenvalue weighted by molar-refractivity contribution is 6.12. The molecule has 1 aliphatic rings. The minimum Gasteiger partial charge on any atom is -0.496 e. The molecule has 0 saturated heterocycles. The van der Waals surface area contributed by atoms with Crippen molar-refractivity contribution >= 4 is 22.8 Å². The maximum Gasteiger partial charge on any atom is 0.522 e. The first-order chi connectivity index (χ1) is 25.0. The number of fused-ring (bicyclic) bond motifs is 1. The van der Waals surface area contributed by atoms with Gasteiger partial charge in [0.25, 0.3) is 11.8 Å². The average Bonchev–Trinajstić information content (AvgIpc) is 3.46. The van der Waals surface area contributed by atoms with Gasteiger partial charge in [-0.1, -0.05) is 0 Å². The Morgan fingerprint density at radius 3 is 2.25 bits per heavy atom. The third-order valence-electron chi connectivity index (χ3n) is 9.03. The van der Waals surface area contributed by atoms with Gasteiger partial charge in [-0.05, 0) is 90.2 Å². The zero-order chi connectivity index (χ0) is 38.3. The van der Waals surface area contributed by atoms with Gasteiger partial charge in [-0.3, -0.25) is 14.3 Å². The number of carbonyl (C=O) groups is 2. The third-order valence-corrected chi connectivity index (χ3v) is 9.03. The maximum atomic E-state index is 14.1. The molecule has 1 fully saturated rings.